The molecule has 0 spiro atoms. The summed E-state index contributed by atoms with van der Waals surface area (Å²) in [4.78, 5) is 29.9. The van der Waals surface area contributed by atoms with Crippen molar-refractivity contribution >= 4 is 11.5 Å². The van der Waals surface area contributed by atoms with Gasteiger partial charge < -0.3 is 10.1 Å². The number of rotatable bonds is 2. The normalized spacial score (nSPS) is 10.8. The number of hydrogen-bond donors (Lipinski definition) is 2. The van der Waals surface area contributed by atoms with Crippen LogP contribution in [0.2, 0.25) is 0 Å². The number of H-pyrrole nitrogens is 1. The first-order valence-corrected chi connectivity index (χ1v) is 7.02. The lowest BCUT2D eigenvalue weighted by Gasteiger charge is -2.04. The lowest BCUT2D eigenvalue weighted by Crippen LogP contribution is -2.16. The van der Waals surface area contributed by atoms with Gasteiger partial charge in [0.1, 0.15) is 5.82 Å². The molecule has 0 aliphatic heterocycles. The summed E-state index contributed by atoms with van der Waals surface area (Å²) in [5.74, 6) is 5.47. The summed E-state index contributed by atoms with van der Waals surface area (Å²) in [7, 11) is 0. The van der Waals surface area contributed by atoms with Gasteiger partial charge in [-0.15, -0.1) is 0 Å². The molecule has 1 heterocycles. The smallest absolute Gasteiger partial charge is 0.335 e. The average Bonchev–Trinajstić information content (AvgIpc) is 2.50. The van der Waals surface area contributed by atoms with Crippen LogP contribution >= 0.6 is 0 Å². The summed E-state index contributed by atoms with van der Waals surface area (Å²) in [5.41, 5.74) is 2.31. The number of aromatic nitrogens is 2. The van der Waals surface area contributed by atoms with E-state index in [9.17, 15) is 9.59 Å². The predicted molar refractivity (Wildman–Crippen MR) is 88.3 cm³/mol. The number of aromatic carboxylic acids is 1. The third-order valence-electron chi connectivity index (χ3n) is 3.25. The Kier molecular flexibility index (Phi) is 4.77. The van der Waals surface area contributed by atoms with E-state index in [1.165, 1.54) is 12.1 Å². The highest BCUT2D eigenvalue weighted by Crippen LogP contribution is 2.12. The molecule has 5 heteroatoms. The van der Waals surface area contributed by atoms with Gasteiger partial charge in [0, 0.05) is 11.1 Å². The molecule has 0 fully saturated rings. The van der Waals surface area contributed by atoms with Crippen molar-refractivity contribution in [2.24, 2.45) is 0 Å². The molecule has 116 valence electrons. The van der Waals surface area contributed by atoms with Crippen molar-refractivity contribution in [3.63, 3.8) is 0 Å². The van der Waals surface area contributed by atoms with Gasteiger partial charge in [-0.2, -0.15) is 0 Å². The SMILES string of the molecule is C/C=C(/C#Cc1ccc(C(=O)O)cc1)c1c(C)nc(C)[nH]c1=O. The monoisotopic (exact) mass is 308 g/mol. The molecule has 0 aliphatic rings. The number of allylic oxidation sites excluding steroid dienone is 2. The van der Waals surface area contributed by atoms with Crippen molar-refractivity contribution in [1.29, 1.82) is 0 Å². The van der Waals surface area contributed by atoms with Crippen LogP contribution in [0, 0.1) is 25.7 Å². The Morgan fingerprint density at radius 1 is 1.26 bits per heavy atom. The first-order chi connectivity index (χ1) is 10.9. The number of aryl methyl sites for hydroxylation is 2. The van der Waals surface area contributed by atoms with Crippen molar-refractivity contribution < 1.29 is 9.90 Å². The van der Waals surface area contributed by atoms with Crippen LogP contribution in [0.3, 0.4) is 0 Å². The van der Waals surface area contributed by atoms with Crippen LogP contribution in [-0.4, -0.2) is 21.0 Å². The van der Waals surface area contributed by atoms with E-state index in [-0.39, 0.29) is 11.1 Å². The van der Waals surface area contributed by atoms with Crippen molar-refractivity contribution in [3.05, 3.63) is 68.9 Å². The molecule has 0 radical (unpaired) electrons. The lowest BCUT2D eigenvalue weighted by molar-refractivity contribution is 0.0697. The van der Waals surface area contributed by atoms with Gasteiger partial charge in [-0.3, -0.25) is 4.79 Å². The summed E-state index contributed by atoms with van der Waals surface area (Å²) < 4.78 is 0. The van der Waals surface area contributed by atoms with Crippen LogP contribution in [-0.2, 0) is 0 Å². The van der Waals surface area contributed by atoms with Crippen LogP contribution in [0.5, 0.6) is 0 Å². The third-order valence-corrected chi connectivity index (χ3v) is 3.25. The van der Waals surface area contributed by atoms with Crippen LogP contribution in [0.15, 0.2) is 35.1 Å². The zero-order chi connectivity index (χ0) is 17.0. The van der Waals surface area contributed by atoms with E-state index in [0.29, 0.717) is 28.2 Å². The van der Waals surface area contributed by atoms with E-state index in [2.05, 4.69) is 21.8 Å². The molecular formula is C18H16N2O3. The van der Waals surface area contributed by atoms with Gasteiger partial charge in [0.25, 0.3) is 5.56 Å². The van der Waals surface area contributed by atoms with E-state index in [0.717, 1.165) is 0 Å². The van der Waals surface area contributed by atoms with Crippen molar-refractivity contribution in [2.45, 2.75) is 20.8 Å². The zero-order valence-corrected chi connectivity index (χ0v) is 13.1. The van der Waals surface area contributed by atoms with Crippen LogP contribution in [0.25, 0.3) is 5.57 Å². The molecule has 0 saturated heterocycles. The molecule has 2 aromatic rings. The number of nitrogens with one attached hydrogen (secondary N) is 1. The second-order valence-corrected chi connectivity index (χ2v) is 4.95. The molecule has 1 aromatic heterocycles. The lowest BCUT2D eigenvalue weighted by atomic mass is 10.1. The molecule has 5 nitrogen and oxygen atoms in total. The minimum atomic E-state index is -0.980. The highest BCUT2D eigenvalue weighted by molar-refractivity contribution is 5.87. The number of carboxylic acids is 1. The molecule has 0 unspecified atom stereocenters. The Morgan fingerprint density at radius 3 is 2.43 bits per heavy atom. The Hall–Kier alpha value is -3.13. The molecule has 23 heavy (non-hydrogen) atoms. The number of benzene rings is 1. The predicted octanol–water partition coefficient (Wildman–Crippen LogP) is 2.54. The van der Waals surface area contributed by atoms with Gasteiger partial charge in [0.2, 0.25) is 0 Å². The summed E-state index contributed by atoms with van der Waals surface area (Å²) in [6, 6.07) is 6.25. The fourth-order valence-corrected chi connectivity index (χ4v) is 2.16. The second kappa shape index (κ2) is 6.75. The summed E-state index contributed by atoms with van der Waals surface area (Å²) in [6.07, 6.45) is 1.76. The summed E-state index contributed by atoms with van der Waals surface area (Å²) in [5, 5.41) is 8.87. The molecule has 1 aromatic carbocycles. The summed E-state index contributed by atoms with van der Waals surface area (Å²) >= 11 is 0. The number of hydrogen-bond acceptors (Lipinski definition) is 3. The molecule has 0 bridgehead atoms. The molecule has 0 atom stereocenters. The number of aromatic amines is 1. The highest BCUT2D eigenvalue weighted by atomic mass is 16.4. The maximum Gasteiger partial charge on any atom is 0.335 e. The maximum absolute atomic E-state index is 12.1. The number of carbonyl (C=O) groups is 1. The van der Waals surface area contributed by atoms with Gasteiger partial charge in [0.15, 0.2) is 0 Å². The van der Waals surface area contributed by atoms with Gasteiger partial charge in [-0.05, 0) is 45.0 Å². The highest BCUT2D eigenvalue weighted by Gasteiger charge is 2.09. The number of carboxylic acid groups (broad SMARTS) is 1. The van der Waals surface area contributed by atoms with Gasteiger partial charge >= 0.3 is 5.97 Å². The first-order valence-electron chi connectivity index (χ1n) is 7.02. The van der Waals surface area contributed by atoms with Crippen LogP contribution in [0.4, 0.5) is 0 Å². The Labute approximate surface area is 133 Å². The van der Waals surface area contributed by atoms with Gasteiger partial charge in [-0.25, -0.2) is 9.78 Å². The Bertz CT molecular complexity index is 895. The topological polar surface area (TPSA) is 83.0 Å². The van der Waals surface area contributed by atoms with Gasteiger partial charge in [0.05, 0.1) is 16.8 Å². The van der Waals surface area contributed by atoms with E-state index in [4.69, 9.17) is 5.11 Å². The Balaban J connectivity index is 2.39. The quantitative estimate of drug-likeness (QED) is 0.835. The van der Waals surface area contributed by atoms with Crippen LogP contribution < -0.4 is 5.56 Å². The minimum absolute atomic E-state index is 0.205. The average molecular weight is 308 g/mol. The van der Waals surface area contributed by atoms with Crippen molar-refractivity contribution in [2.75, 3.05) is 0 Å². The van der Waals surface area contributed by atoms with Crippen LogP contribution in [0.1, 0.15) is 39.9 Å². The molecular weight excluding hydrogens is 292 g/mol. The number of nitrogens with zero attached hydrogens (tertiary/aromatic N) is 1. The van der Waals surface area contributed by atoms with Gasteiger partial charge in [-0.1, -0.05) is 17.9 Å². The van der Waals surface area contributed by atoms with E-state index in [1.54, 1.807) is 39.0 Å². The second-order valence-electron chi connectivity index (χ2n) is 4.95. The largest absolute Gasteiger partial charge is 0.478 e. The Morgan fingerprint density at radius 2 is 1.91 bits per heavy atom. The zero-order valence-electron chi connectivity index (χ0n) is 13.1. The summed E-state index contributed by atoms with van der Waals surface area (Å²) in [6.45, 7) is 5.30. The molecule has 0 amide bonds. The molecule has 0 aliphatic carbocycles. The van der Waals surface area contributed by atoms with E-state index < -0.39 is 5.97 Å². The molecule has 2 rings (SSSR count). The van der Waals surface area contributed by atoms with E-state index >= 15 is 0 Å². The molecule has 0 saturated carbocycles. The standard InChI is InChI=1S/C18H16N2O3/c1-4-14(16-11(2)19-12(3)20-17(16)21)8-5-13-6-9-15(10-7-13)18(22)23/h4,6-7,9-10H,1-3H3,(H,22,23)(H,19,20,21)/b14-4-. The maximum atomic E-state index is 12.1. The fourth-order valence-electron chi connectivity index (χ4n) is 2.16. The minimum Gasteiger partial charge on any atom is -0.478 e. The van der Waals surface area contributed by atoms with Crippen molar-refractivity contribution in [1.82, 2.24) is 9.97 Å². The van der Waals surface area contributed by atoms with E-state index in [1.807, 2.05) is 0 Å². The van der Waals surface area contributed by atoms with Crippen molar-refractivity contribution in [3.8, 4) is 11.8 Å². The third kappa shape index (κ3) is 3.74. The first kappa shape index (κ1) is 16.2. The fraction of sp³-hybridized carbons (Fsp3) is 0.167. The molecule has 2 N–H and O–H groups in total.